The highest BCUT2D eigenvalue weighted by molar-refractivity contribution is 5.55. The van der Waals surface area contributed by atoms with Crippen LogP contribution in [0, 0.1) is 5.92 Å². The fourth-order valence-electron chi connectivity index (χ4n) is 3.59. The lowest BCUT2D eigenvalue weighted by molar-refractivity contribution is 0.347. The van der Waals surface area contributed by atoms with Gasteiger partial charge in [0, 0.05) is 18.8 Å². The molecule has 0 unspecified atom stereocenters. The fraction of sp³-hybridized carbons (Fsp3) is 0.647. The molecule has 0 saturated carbocycles. The van der Waals surface area contributed by atoms with Crippen LogP contribution in [0.4, 0.5) is 5.69 Å². The Morgan fingerprint density at radius 3 is 2.89 bits per heavy atom. The number of anilines is 1. The summed E-state index contributed by atoms with van der Waals surface area (Å²) >= 11 is 0. The van der Waals surface area contributed by atoms with Gasteiger partial charge < -0.3 is 10.2 Å². The molecule has 1 aromatic rings. The molecular weight excluding hydrogens is 232 g/mol. The number of fused-ring (bicyclic) bond motifs is 1. The average Bonchev–Trinajstić information content (AvgIpc) is 2.49. The van der Waals surface area contributed by atoms with Gasteiger partial charge in [0.2, 0.25) is 0 Å². The number of nitrogens with one attached hydrogen (secondary N) is 1. The zero-order valence-electron chi connectivity index (χ0n) is 11.9. The summed E-state index contributed by atoms with van der Waals surface area (Å²) in [6.45, 7) is 4.97. The second kappa shape index (κ2) is 6.42. The zero-order chi connectivity index (χ0) is 12.9. The molecule has 0 bridgehead atoms. The lowest BCUT2D eigenvalue weighted by Crippen LogP contribution is -2.31. The Kier molecular flexibility index (Phi) is 4.39. The van der Waals surface area contributed by atoms with E-state index in [2.05, 4.69) is 34.5 Å². The molecule has 0 aliphatic carbocycles. The molecule has 0 atom stereocenters. The molecule has 104 valence electrons. The van der Waals surface area contributed by atoms with Crippen molar-refractivity contribution in [3.8, 4) is 0 Å². The molecule has 0 spiro atoms. The number of aryl methyl sites for hydroxylation is 1. The first-order chi connectivity index (χ1) is 9.43. The van der Waals surface area contributed by atoms with Crippen LogP contribution in [-0.4, -0.2) is 26.2 Å². The average molecular weight is 258 g/mol. The van der Waals surface area contributed by atoms with E-state index in [9.17, 15) is 0 Å². The van der Waals surface area contributed by atoms with E-state index >= 15 is 0 Å². The lowest BCUT2D eigenvalue weighted by atomic mass is 9.93. The topological polar surface area (TPSA) is 15.3 Å². The Bertz CT molecular complexity index is 396. The molecule has 0 radical (unpaired) electrons. The van der Waals surface area contributed by atoms with Gasteiger partial charge >= 0.3 is 0 Å². The van der Waals surface area contributed by atoms with Crippen molar-refractivity contribution in [1.82, 2.24) is 5.32 Å². The van der Waals surface area contributed by atoms with Crippen molar-refractivity contribution < 1.29 is 0 Å². The molecule has 19 heavy (non-hydrogen) atoms. The lowest BCUT2D eigenvalue weighted by Gasteiger charge is -2.32. The summed E-state index contributed by atoms with van der Waals surface area (Å²) in [5, 5.41) is 3.46. The molecule has 2 heterocycles. The number of benzene rings is 1. The summed E-state index contributed by atoms with van der Waals surface area (Å²) in [5.41, 5.74) is 3.05. The molecule has 2 aliphatic heterocycles. The summed E-state index contributed by atoms with van der Waals surface area (Å²) in [4.78, 5) is 2.61. The van der Waals surface area contributed by atoms with Crippen molar-refractivity contribution in [2.24, 2.45) is 5.92 Å². The fourth-order valence-corrected chi connectivity index (χ4v) is 3.59. The van der Waals surface area contributed by atoms with Crippen molar-refractivity contribution in [3.63, 3.8) is 0 Å². The van der Waals surface area contributed by atoms with E-state index in [-0.39, 0.29) is 0 Å². The van der Waals surface area contributed by atoms with Gasteiger partial charge in [0.05, 0.1) is 0 Å². The molecule has 0 aromatic heterocycles. The van der Waals surface area contributed by atoms with Crippen molar-refractivity contribution in [3.05, 3.63) is 29.8 Å². The minimum Gasteiger partial charge on any atom is -0.371 e. The Morgan fingerprint density at radius 1 is 1.16 bits per heavy atom. The highest BCUT2D eigenvalue weighted by Crippen LogP contribution is 2.27. The van der Waals surface area contributed by atoms with Crippen LogP contribution in [0.3, 0.4) is 0 Å². The highest BCUT2D eigenvalue weighted by atomic mass is 15.1. The van der Waals surface area contributed by atoms with Gasteiger partial charge in [-0.3, -0.25) is 0 Å². The first-order valence-corrected chi connectivity index (χ1v) is 7.97. The van der Waals surface area contributed by atoms with Crippen LogP contribution < -0.4 is 10.2 Å². The smallest absolute Gasteiger partial charge is 0.0398 e. The van der Waals surface area contributed by atoms with Crippen molar-refractivity contribution >= 4 is 5.69 Å². The highest BCUT2D eigenvalue weighted by Gasteiger charge is 2.17. The number of hydrogen-bond acceptors (Lipinski definition) is 2. The van der Waals surface area contributed by atoms with Crippen molar-refractivity contribution in [2.45, 2.75) is 38.5 Å². The molecule has 2 aliphatic rings. The Labute approximate surface area is 117 Å². The monoisotopic (exact) mass is 258 g/mol. The summed E-state index contributed by atoms with van der Waals surface area (Å²) in [6, 6.07) is 8.97. The van der Waals surface area contributed by atoms with E-state index in [0.29, 0.717) is 0 Å². The van der Waals surface area contributed by atoms with Gasteiger partial charge in [0.15, 0.2) is 0 Å². The van der Waals surface area contributed by atoms with Crippen molar-refractivity contribution in [2.75, 3.05) is 31.1 Å². The largest absolute Gasteiger partial charge is 0.371 e. The van der Waals surface area contributed by atoms with Gasteiger partial charge in [-0.1, -0.05) is 18.2 Å². The molecule has 2 nitrogen and oxygen atoms in total. The maximum absolute atomic E-state index is 3.46. The van der Waals surface area contributed by atoms with Gasteiger partial charge in [-0.05, 0) is 69.2 Å². The predicted octanol–water partition coefficient (Wildman–Crippen LogP) is 3.22. The van der Waals surface area contributed by atoms with Crippen LogP contribution in [0.25, 0.3) is 0 Å². The standard InChI is InChI=1S/C17H26N2/c1-2-8-17-16(6-1)7-4-14-19(17)13-3-5-15-9-11-18-12-10-15/h1-2,6,8,15,18H,3-5,7,9-14H2. The third-order valence-corrected chi connectivity index (χ3v) is 4.71. The van der Waals surface area contributed by atoms with E-state index < -0.39 is 0 Å². The number of para-hydroxylation sites is 1. The van der Waals surface area contributed by atoms with E-state index in [4.69, 9.17) is 0 Å². The summed E-state index contributed by atoms with van der Waals surface area (Å²) in [7, 11) is 0. The quantitative estimate of drug-likeness (QED) is 0.892. The molecule has 3 rings (SSSR count). The van der Waals surface area contributed by atoms with Gasteiger partial charge in [-0.25, -0.2) is 0 Å². The van der Waals surface area contributed by atoms with Crippen molar-refractivity contribution in [1.29, 1.82) is 0 Å². The molecule has 1 fully saturated rings. The summed E-state index contributed by atoms with van der Waals surface area (Å²) < 4.78 is 0. The maximum atomic E-state index is 3.46. The van der Waals surface area contributed by atoms with Gasteiger partial charge in [0.1, 0.15) is 0 Å². The summed E-state index contributed by atoms with van der Waals surface area (Å²) in [5.74, 6) is 0.973. The van der Waals surface area contributed by atoms with Gasteiger partial charge in [-0.15, -0.1) is 0 Å². The SMILES string of the molecule is c1ccc2c(c1)CCCN2CCCC1CCNCC1. The second-order valence-electron chi connectivity index (χ2n) is 6.05. The minimum absolute atomic E-state index is 0.973. The van der Waals surface area contributed by atoms with E-state index in [1.165, 1.54) is 70.4 Å². The molecule has 0 amide bonds. The van der Waals surface area contributed by atoms with Crippen LogP contribution in [-0.2, 0) is 6.42 Å². The zero-order valence-corrected chi connectivity index (χ0v) is 11.9. The number of rotatable bonds is 4. The number of nitrogens with zero attached hydrogens (tertiary/aromatic N) is 1. The number of piperidine rings is 1. The Hall–Kier alpha value is -1.02. The third kappa shape index (κ3) is 3.30. The normalized spacial score (nSPS) is 20.3. The number of hydrogen-bond donors (Lipinski definition) is 1. The molecule has 1 N–H and O–H groups in total. The maximum Gasteiger partial charge on any atom is 0.0398 e. The van der Waals surface area contributed by atoms with E-state index in [1.807, 2.05) is 0 Å². The van der Waals surface area contributed by atoms with Gasteiger partial charge in [-0.2, -0.15) is 0 Å². The van der Waals surface area contributed by atoms with Crippen LogP contribution >= 0.6 is 0 Å². The Balaban J connectivity index is 1.50. The van der Waals surface area contributed by atoms with Crippen LogP contribution in [0.5, 0.6) is 0 Å². The predicted molar refractivity (Wildman–Crippen MR) is 81.8 cm³/mol. The van der Waals surface area contributed by atoms with Crippen LogP contribution in [0.1, 0.15) is 37.7 Å². The molecule has 2 heteroatoms. The molecular formula is C17H26N2. The second-order valence-corrected chi connectivity index (χ2v) is 6.05. The molecule has 1 saturated heterocycles. The minimum atomic E-state index is 0.973. The Morgan fingerprint density at radius 2 is 2.00 bits per heavy atom. The van der Waals surface area contributed by atoms with Crippen LogP contribution in [0.2, 0.25) is 0 Å². The molecule has 1 aromatic carbocycles. The van der Waals surface area contributed by atoms with E-state index in [0.717, 1.165) is 5.92 Å². The summed E-state index contributed by atoms with van der Waals surface area (Å²) in [6.07, 6.45) is 8.14. The van der Waals surface area contributed by atoms with Gasteiger partial charge in [0.25, 0.3) is 0 Å². The van der Waals surface area contributed by atoms with Crippen LogP contribution in [0.15, 0.2) is 24.3 Å². The third-order valence-electron chi connectivity index (χ3n) is 4.71. The first kappa shape index (κ1) is 13.0. The first-order valence-electron chi connectivity index (χ1n) is 7.97. The van der Waals surface area contributed by atoms with E-state index in [1.54, 1.807) is 5.56 Å².